The first kappa shape index (κ1) is 22.0. The van der Waals surface area contributed by atoms with Crippen LogP contribution in [0.5, 0.6) is 0 Å². The fourth-order valence-electron chi connectivity index (χ4n) is 2.94. The van der Waals surface area contributed by atoms with E-state index >= 15 is 0 Å². The van der Waals surface area contributed by atoms with Gasteiger partial charge in [0, 0.05) is 29.6 Å². The van der Waals surface area contributed by atoms with Gasteiger partial charge < -0.3 is 15.4 Å². The van der Waals surface area contributed by atoms with E-state index < -0.39 is 17.6 Å². The van der Waals surface area contributed by atoms with Gasteiger partial charge in [0.15, 0.2) is 0 Å². The van der Waals surface area contributed by atoms with Gasteiger partial charge in [-0.2, -0.15) is 13.2 Å². The third-order valence-corrected chi connectivity index (χ3v) is 4.39. The second-order valence-corrected chi connectivity index (χ2v) is 6.66. The standard InChI is InChI=1S/C23H19F3N2O3/c1-31-14-16-6-2-3-11-20(16)22(30)28-18-9-4-7-15(12-18)21(29)27-19-10-5-8-17(13-19)23(24,25)26/h2-13H,14H2,1H3,(H,27,29)(H,28,30). The molecule has 0 aliphatic carbocycles. The van der Waals surface area contributed by atoms with Gasteiger partial charge in [-0.3, -0.25) is 9.59 Å². The molecule has 0 bridgehead atoms. The average molecular weight is 428 g/mol. The monoisotopic (exact) mass is 428 g/mol. The molecule has 160 valence electrons. The van der Waals surface area contributed by atoms with Gasteiger partial charge in [-0.05, 0) is 48.0 Å². The minimum Gasteiger partial charge on any atom is -0.380 e. The van der Waals surface area contributed by atoms with Crippen molar-refractivity contribution in [2.75, 3.05) is 17.7 Å². The third-order valence-electron chi connectivity index (χ3n) is 4.39. The van der Waals surface area contributed by atoms with E-state index in [2.05, 4.69) is 10.6 Å². The Morgan fingerprint density at radius 1 is 0.839 bits per heavy atom. The molecule has 2 N–H and O–H groups in total. The van der Waals surface area contributed by atoms with Crippen LogP contribution in [0.4, 0.5) is 24.5 Å². The first-order valence-electron chi connectivity index (χ1n) is 9.25. The van der Waals surface area contributed by atoms with Crippen molar-refractivity contribution in [3.63, 3.8) is 0 Å². The maximum absolute atomic E-state index is 12.9. The summed E-state index contributed by atoms with van der Waals surface area (Å²) in [5.74, 6) is -0.974. The summed E-state index contributed by atoms with van der Waals surface area (Å²) in [6, 6.07) is 17.4. The van der Waals surface area contributed by atoms with E-state index in [1.165, 1.54) is 31.4 Å². The number of hydrogen-bond acceptors (Lipinski definition) is 3. The summed E-state index contributed by atoms with van der Waals surface area (Å²) < 4.78 is 43.7. The van der Waals surface area contributed by atoms with Crippen molar-refractivity contribution in [3.05, 3.63) is 95.1 Å². The Morgan fingerprint density at radius 3 is 2.19 bits per heavy atom. The number of hydrogen-bond donors (Lipinski definition) is 2. The molecule has 0 atom stereocenters. The average Bonchev–Trinajstić information content (AvgIpc) is 2.74. The van der Waals surface area contributed by atoms with Crippen molar-refractivity contribution < 1.29 is 27.5 Å². The molecule has 0 saturated carbocycles. The summed E-state index contributed by atoms with van der Waals surface area (Å²) in [6.45, 7) is 0.267. The molecule has 0 aromatic heterocycles. The maximum Gasteiger partial charge on any atom is 0.416 e. The topological polar surface area (TPSA) is 67.4 Å². The van der Waals surface area contributed by atoms with Gasteiger partial charge in [0.1, 0.15) is 0 Å². The molecule has 0 aliphatic rings. The molecule has 0 aliphatic heterocycles. The van der Waals surface area contributed by atoms with Gasteiger partial charge in [0.25, 0.3) is 11.8 Å². The van der Waals surface area contributed by atoms with Crippen molar-refractivity contribution in [1.82, 2.24) is 0 Å². The second kappa shape index (κ2) is 9.44. The smallest absolute Gasteiger partial charge is 0.380 e. The lowest BCUT2D eigenvalue weighted by atomic mass is 10.1. The van der Waals surface area contributed by atoms with Gasteiger partial charge in [0.2, 0.25) is 0 Å². The molecule has 5 nitrogen and oxygen atoms in total. The maximum atomic E-state index is 12.9. The zero-order valence-corrected chi connectivity index (χ0v) is 16.5. The first-order chi connectivity index (χ1) is 14.8. The van der Waals surface area contributed by atoms with Crippen molar-refractivity contribution in [1.29, 1.82) is 0 Å². The van der Waals surface area contributed by atoms with Crippen LogP contribution >= 0.6 is 0 Å². The van der Waals surface area contributed by atoms with Crippen molar-refractivity contribution >= 4 is 23.2 Å². The van der Waals surface area contributed by atoms with Crippen LogP contribution in [0, 0.1) is 0 Å². The van der Waals surface area contributed by atoms with E-state index in [1.54, 1.807) is 36.4 Å². The molecule has 8 heteroatoms. The Morgan fingerprint density at radius 2 is 1.48 bits per heavy atom. The molecule has 0 spiro atoms. The number of carbonyl (C=O) groups is 2. The number of benzene rings is 3. The Balaban J connectivity index is 1.75. The Labute approximate surface area is 176 Å². The zero-order chi connectivity index (χ0) is 22.4. The van der Waals surface area contributed by atoms with Crippen LogP contribution in [0.1, 0.15) is 31.8 Å². The Kier molecular flexibility index (Phi) is 6.71. The zero-order valence-electron chi connectivity index (χ0n) is 16.5. The number of amides is 2. The number of halogens is 3. The Bertz CT molecular complexity index is 1100. The lowest BCUT2D eigenvalue weighted by molar-refractivity contribution is -0.137. The highest BCUT2D eigenvalue weighted by Gasteiger charge is 2.30. The van der Waals surface area contributed by atoms with Gasteiger partial charge in [0.05, 0.1) is 12.2 Å². The van der Waals surface area contributed by atoms with Gasteiger partial charge in [-0.25, -0.2) is 0 Å². The normalized spacial score (nSPS) is 11.1. The molecule has 3 aromatic carbocycles. The summed E-state index contributed by atoms with van der Waals surface area (Å²) in [6.07, 6.45) is -4.51. The Hall–Kier alpha value is -3.65. The molecule has 0 fully saturated rings. The summed E-state index contributed by atoms with van der Waals surface area (Å²) in [4.78, 5) is 25.1. The molecule has 0 unspecified atom stereocenters. The number of ether oxygens (including phenoxy) is 1. The van der Waals surface area contributed by atoms with Crippen LogP contribution in [-0.4, -0.2) is 18.9 Å². The van der Waals surface area contributed by atoms with E-state index in [1.807, 2.05) is 0 Å². The molecule has 0 radical (unpaired) electrons. The summed E-state index contributed by atoms with van der Waals surface area (Å²) >= 11 is 0. The number of methoxy groups -OCH3 is 1. The number of rotatable bonds is 6. The van der Waals surface area contributed by atoms with E-state index in [9.17, 15) is 22.8 Å². The predicted octanol–water partition coefficient (Wildman–Crippen LogP) is 5.36. The lowest BCUT2D eigenvalue weighted by Gasteiger charge is -2.12. The molecule has 0 heterocycles. The lowest BCUT2D eigenvalue weighted by Crippen LogP contribution is -2.16. The highest BCUT2D eigenvalue weighted by Crippen LogP contribution is 2.30. The van der Waals surface area contributed by atoms with Crippen LogP contribution in [0.3, 0.4) is 0 Å². The minimum absolute atomic E-state index is 0.0164. The number of nitrogens with one attached hydrogen (secondary N) is 2. The van der Waals surface area contributed by atoms with Gasteiger partial charge in [-0.1, -0.05) is 30.3 Å². The molecule has 2 amide bonds. The highest BCUT2D eigenvalue weighted by atomic mass is 19.4. The van der Waals surface area contributed by atoms with E-state index in [0.717, 1.165) is 12.1 Å². The fraction of sp³-hybridized carbons (Fsp3) is 0.130. The van der Waals surface area contributed by atoms with Crippen LogP contribution in [-0.2, 0) is 17.5 Å². The predicted molar refractivity (Wildman–Crippen MR) is 111 cm³/mol. The minimum atomic E-state index is -4.51. The number of carbonyl (C=O) groups excluding carboxylic acids is 2. The molecule has 3 rings (SSSR count). The first-order valence-corrected chi connectivity index (χ1v) is 9.25. The van der Waals surface area contributed by atoms with Crippen molar-refractivity contribution in [3.8, 4) is 0 Å². The van der Waals surface area contributed by atoms with Crippen LogP contribution in [0.15, 0.2) is 72.8 Å². The molecule has 0 saturated heterocycles. The quantitative estimate of drug-likeness (QED) is 0.556. The molecule has 31 heavy (non-hydrogen) atoms. The second-order valence-electron chi connectivity index (χ2n) is 6.66. The molecular weight excluding hydrogens is 409 g/mol. The van der Waals surface area contributed by atoms with E-state index in [-0.39, 0.29) is 23.8 Å². The number of alkyl halides is 3. The SMILES string of the molecule is COCc1ccccc1C(=O)Nc1cccc(C(=O)Nc2cccc(C(F)(F)F)c2)c1. The third kappa shape index (κ3) is 5.70. The van der Waals surface area contributed by atoms with Crippen LogP contribution < -0.4 is 10.6 Å². The van der Waals surface area contributed by atoms with Crippen LogP contribution in [0.25, 0.3) is 0 Å². The van der Waals surface area contributed by atoms with E-state index in [4.69, 9.17) is 4.74 Å². The van der Waals surface area contributed by atoms with Crippen molar-refractivity contribution in [2.45, 2.75) is 12.8 Å². The van der Waals surface area contributed by atoms with E-state index in [0.29, 0.717) is 16.8 Å². The number of anilines is 2. The summed E-state index contributed by atoms with van der Waals surface area (Å²) in [5, 5.41) is 5.16. The molecular formula is C23H19F3N2O3. The summed E-state index contributed by atoms with van der Waals surface area (Å²) in [5.41, 5.74) is 0.849. The van der Waals surface area contributed by atoms with Crippen molar-refractivity contribution in [2.24, 2.45) is 0 Å². The highest BCUT2D eigenvalue weighted by molar-refractivity contribution is 6.07. The largest absolute Gasteiger partial charge is 0.416 e. The van der Waals surface area contributed by atoms with Gasteiger partial charge in [-0.15, -0.1) is 0 Å². The summed E-state index contributed by atoms with van der Waals surface area (Å²) in [7, 11) is 1.53. The molecule has 3 aromatic rings. The fourth-order valence-corrected chi connectivity index (χ4v) is 2.94. The van der Waals surface area contributed by atoms with Crippen LogP contribution in [0.2, 0.25) is 0 Å². The van der Waals surface area contributed by atoms with Gasteiger partial charge >= 0.3 is 6.18 Å².